The van der Waals surface area contributed by atoms with Crippen LogP contribution in [-0.2, 0) is 38.1 Å². The lowest BCUT2D eigenvalue weighted by Crippen LogP contribution is -2.49. The molecule has 7 saturated carbocycles. The van der Waals surface area contributed by atoms with Crippen LogP contribution in [0, 0.1) is 64.6 Å². The van der Waals surface area contributed by atoms with E-state index in [2.05, 4.69) is 6.92 Å². The van der Waals surface area contributed by atoms with Gasteiger partial charge in [0, 0.05) is 17.8 Å². The molecular formula is C30H40O8. The molecule has 8 heteroatoms. The van der Waals surface area contributed by atoms with Crippen molar-refractivity contribution in [3.05, 3.63) is 0 Å². The highest BCUT2D eigenvalue weighted by Crippen LogP contribution is 2.73. The van der Waals surface area contributed by atoms with E-state index in [9.17, 15) is 19.2 Å². The smallest absolute Gasteiger partial charge is 0.344 e. The van der Waals surface area contributed by atoms with Gasteiger partial charge < -0.3 is 18.9 Å². The minimum atomic E-state index is -0.713. The molecule has 0 aromatic carbocycles. The summed E-state index contributed by atoms with van der Waals surface area (Å²) in [5.74, 6) is 0.844. The van der Waals surface area contributed by atoms with Gasteiger partial charge in [0.15, 0.2) is 6.61 Å². The third kappa shape index (κ3) is 3.21. The number of carbonyl (C=O) groups is 4. The molecule has 8 fully saturated rings. The Bertz CT molecular complexity index is 1080. The zero-order chi connectivity index (χ0) is 26.7. The van der Waals surface area contributed by atoms with Crippen molar-refractivity contribution in [1.29, 1.82) is 0 Å². The zero-order valence-electron chi connectivity index (χ0n) is 22.9. The van der Waals surface area contributed by atoms with Crippen LogP contribution in [0.25, 0.3) is 0 Å². The van der Waals surface area contributed by atoms with E-state index in [1.165, 1.54) is 19.3 Å². The van der Waals surface area contributed by atoms with E-state index in [0.717, 1.165) is 30.6 Å². The fourth-order valence-electron chi connectivity index (χ4n) is 10.3. The average molecular weight is 529 g/mol. The fourth-order valence-corrected chi connectivity index (χ4v) is 10.3. The average Bonchev–Trinajstić information content (AvgIpc) is 3.68. The Labute approximate surface area is 223 Å². The monoisotopic (exact) mass is 528 g/mol. The van der Waals surface area contributed by atoms with Crippen LogP contribution < -0.4 is 0 Å². The first kappa shape index (κ1) is 24.9. The van der Waals surface area contributed by atoms with Gasteiger partial charge in [0.1, 0.15) is 17.8 Å². The summed E-state index contributed by atoms with van der Waals surface area (Å²) in [5.41, 5.74) is -1.12. The second-order valence-electron chi connectivity index (χ2n) is 14.1. The lowest BCUT2D eigenvalue weighted by Gasteiger charge is -2.43. The fraction of sp³-hybridized carbons (Fsp3) is 0.867. The summed E-state index contributed by atoms with van der Waals surface area (Å²) in [6, 6.07) is 0. The summed E-state index contributed by atoms with van der Waals surface area (Å²) in [4.78, 5) is 51.7. The molecule has 1 aliphatic heterocycles. The number of carbonyl (C=O) groups excluding carboxylic acids is 4. The Balaban J connectivity index is 1.05. The molecule has 0 aromatic heterocycles. The highest BCUT2D eigenvalue weighted by atomic mass is 16.6. The molecule has 1 heterocycles. The molecule has 8 aliphatic rings. The van der Waals surface area contributed by atoms with Crippen LogP contribution in [0.3, 0.4) is 0 Å². The van der Waals surface area contributed by atoms with Gasteiger partial charge in [-0.3, -0.25) is 14.4 Å². The topological polar surface area (TPSA) is 105 Å². The molecule has 8 nitrogen and oxygen atoms in total. The van der Waals surface area contributed by atoms with E-state index in [0.29, 0.717) is 30.6 Å². The minimum absolute atomic E-state index is 0.145. The van der Waals surface area contributed by atoms with E-state index >= 15 is 0 Å². The van der Waals surface area contributed by atoms with E-state index in [4.69, 9.17) is 18.9 Å². The van der Waals surface area contributed by atoms with Gasteiger partial charge in [-0.1, -0.05) is 13.8 Å². The van der Waals surface area contributed by atoms with Crippen molar-refractivity contribution >= 4 is 23.9 Å². The third-order valence-electron chi connectivity index (χ3n) is 12.3. The molecule has 11 unspecified atom stereocenters. The minimum Gasteiger partial charge on any atom is -0.459 e. The highest BCUT2D eigenvalue weighted by Gasteiger charge is 2.73. The van der Waals surface area contributed by atoms with Gasteiger partial charge >= 0.3 is 23.9 Å². The lowest BCUT2D eigenvalue weighted by molar-refractivity contribution is -0.185. The van der Waals surface area contributed by atoms with Crippen molar-refractivity contribution in [2.75, 3.05) is 6.61 Å². The molecule has 38 heavy (non-hydrogen) atoms. The summed E-state index contributed by atoms with van der Waals surface area (Å²) in [6.45, 7) is 7.05. The molecule has 11 atom stereocenters. The number of rotatable bonds is 8. The van der Waals surface area contributed by atoms with Gasteiger partial charge in [-0.05, 0) is 88.4 Å². The van der Waals surface area contributed by atoms with Crippen LogP contribution in [0.5, 0.6) is 0 Å². The first-order valence-electron chi connectivity index (χ1n) is 14.9. The van der Waals surface area contributed by atoms with Crippen molar-refractivity contribution in [2.24, 2.45) is 64.6 Å². The standard InChI is InChI=1S/C30H40O8/c1-5-29(3,4)28(34)35-12-19(31)36-24-17-10-16-22(26(32)37-25(16)24)23(17)27(33)38-30(6-2)11-15-9-18(30)21-14-7-13(8-14)20(15)21/h13-18,20-25H,5-12H2,1-4H3. The van der Waals surface area contributed by atoms with E-state index in [-0.39, 0.29) is 23.8 Å². The third-order valence-corrected chi connectivity index (χ3v) is 12.3. The number of ether oxygens (including phenoxy) is 4. The van der Waals surface area contributed by atoms with Gasteiger partial charge in [-0.15, -0.1) is 0 Å². The van der Waals surface area contributed by atoms with Crippen LogP contribution in [-0.4, -0.2) is 48.3 Å². The van der Waals surface area contributed by atoms with Gasteiger partial charge in [-0.25, -0.2) is 4.79 Å². The SMILES string of the molecule is CCC(C)(C)C(=O)OCC(=O)OC1C2CC3C1OC(=O)C3C2C(=O)OC1(CC)CC2CC1C1C3CC(C3)C21. The highest BCUT2D eigenvalue weighted by molar-refractivity contribution is 5.86. The molecule has 208 valence electrons. The molecule has 7 aliphatic carbocycles. The van der Waals surface area contributed by atoms with Crippen LogP contribution >= 0.6 is 0 Å². The van der Waals surface area contributed by atoms with Gasteiger partial charge in [-0.2, -0.15) is 0 Å². The molecular weight excluding hydrogens is 488 g/mol. The summed E-state index contributed by atoms with van der Waals surface area (Å²) in [7, 11) is 0. The molecule has 0 spiro atoms. The maximum Gasteiger partial charge on any atom is 0.344 e. The molecule has 0 aromatic rings. The Kier molecular flexibility index (Phi) is 5.37. The van der Waals surface area contributed by atoms with Crippen molar-refractivity contribution in [3.63, 3.8) is 0 Å². The van der Waals surface area contributed by atoms with Crippen molar-refractivity contribution in [3.8, 4) is 0 Å². The normalized spacial score (nSPS) is 48.5. The second-order valence-corrected chi connectivity index (χ2v) is 14.1. The molecule has 6 bridgehead atoms. The maximum atomic E-state index is 13.9. The summed E-state index contributed by atoms with van der Waals surface area (Å²) in [5, 5.41) is 0. The van der Waals surface area contributed by atoms with E-state index in [1.54, 1.807) is 13.8 Å². The predicted octanol–water partition coefficient (Wildman–Crippen LogP) is 3.69. The largest absolute Gasteiger partial charge is 0.459 e. The Morgan fingerprint density at radius 3 is 2.45 bits per heavy atom. The van der Waals surface area contributed by atoms with E-state index < -0.39 is 53.6 Å². The Morgan fingerprint density at radius 1 is 1.00 bits per heavy atom. The Hall–Kier alpha value is -2.12. The number of fused-ring (bicyclic) bond motifs is 3. The van der Waals surface area contributed by atoms with Gasteiger partial charge in [0.25, 0.3) is 0 Å². The summed E-state index contributed by atoms with van der Waals surface area (Å²) >= 11 is 0. The predicted molar refractivity (Wildman–Crippen MR) is 132 cm³/mol. The van der Waals surface area contributed by atoms with Gasteiger partial charge in [0.2, 0.25) is 0 Å². The molecule has 1 saturated heterocycles. The number of hydrogen-bond donors (Lipinski definition) is 0. The Morgan fingerprint density at radius 2 is 1.74 bits per heavy atom. The second kappa shape index (κ2) is 8.20. The first-order chi connectivity index (χ1) is 18.1. The summed E-state index contributed by atoms with van der Waals surface area (Å²) < 4.78 is 23.1. The van der Waals surface area contributed by atoms with Crippen LogP contribution in [0.2, 0.25) is 0 Å². The van der Waals surface area contributed by atoms with Gasteiger partial charge in [0.05, 0.1) is 17.3 Å². The van der Waals surface area contributed by atoms with Crippen LogP contribution in [0.1, 0.15) is 72.6 Å². The molecule has 0 N–H and O–H groups in total. The zero-order valence-corrected chi connectivity index (χ0v) is 22.9. The van der Waals surface area contributed by atoms with Crippen molar-refractivity contribution < 1.29 is 38.1 Å². The molecule has 0 amide bonds. The first-order valence-corrected chi connectivity index (χ1v) is 14.9. The van der Waals surface area contributed by atoms with Crippen LogP contribution in [0.15, 0.2) is 0 Å². The number of esters is 4. The molecule has 0 radical (unpaired) electrons. The van der Waals surface area contributed by atoms with E-state index in [1.807, 2.05) is 6.92 Å². The quantitative estimate of drug-likeness (QED) is 0.347. The van der Waals surface area contributed by atoms with Crippen molar-refractivity contribution in [1.82, 2.24) is 0 Å². The molecule has 8 rings (SSSR count). The lowest BCUT2D eigenvalue weighted by atomic mass is 9.71. The summed E-state index contributed by atoms with van der Waals surface area (Å²) in [6.07, 6.45) is 5.56. The van der Waals surface area contributed by atoms with Crippen LogP contribution in [0.4, 0.5) is 0 Å². The van der Waals surface area contributed by atoms with Crippen molar-refractivity contribution in [2.45, 2.75) is 90.4 Å². The number of hydrogen-bond acceptors (Lipinski definition) is 8. The maximum absolute atomic E-state index is 13.9.